The Bertz CT molecular complexity index is 1050. The second kappa shape index (κ2) is 9.62. The Labute approximate surface area is 188 Å². The number of nitrogens with zero attached hydrogens (tertiary/aromatic N) is 2. The average molecular weight is 428 g/mol. The number of imidazole rings is 1. The van der Waals surface area contributed by atoms with Gasteiger partial charge in [-0.1, -0.05) is 107 Å². The van der Waals surface area contributed by atoms with Crippen LogP contribution in [0.15, 0.2) is 97.6 Å². The van der Waals surface area contributed by atoms with Gasteiger partial charge in [0.05, 0.1) is 0 Å². The van der Waals surface area contributed by atoms with Crippen LogP contribution in [-0.2, 0) is 6.29 Å². The van der Waals surface area contributed by atoms with Gasteiger partial charge in [0, 0.05) is 11.1 Å². The van der Waals surface area contributed by atoms with Crippen LogP contribution in [0.5, 0.6) is 0 Å². The molecule has 0 bridgehead atoms. The minimum Gasteiger partial charge on any atom is -0.232 e. The summed E-state index contributed by atoms with van der Waals surface area (Å²) in [6.07, 6.45) is 7.69. The molecule has 0 amide bonds. The Morgan fingerprint density at radius 2 is 1.23 bits per heavy atom. The third-order valence-electron chi connectivity index (χ3n) is 5.73. The fourth-order valence-electron chi connectivity index (χ4n) is 4.11. The SMILES string of the molecule is CC(C)c1cccc(C(C)C)c1-n1cc[n+](CP(c2ccccc2)c2ccccc2)c1. The van der Waals surface area contributed by atoms with Crippen LogP contribution < -0.4 is 15.2 Å². The smallest absolute Gasteiger partial charge is 0.232 e. The van der Waals surface area contributed by atoms with Crippen LogP contribution in [0, 0.1) is 0 Å². The zero-order valence-electron chi connectivity index (χ0n) is 18.9. The zero-order valence-corrected chi connectivity index (χ0v) is 19.8. The van der Waals surface area contributed by atoms with Gasteiger partial charge in [0.25, 0.3) is 0 Å². The van der Waals surface area contributed by atoms with Crippen molar-refractivity contribution < 1.29 is 4.57 Å². The van der Waals surface area contributed by atoms with Gasteiger partial charge in [0.15, 0.2) is 0 Å². The van der Waals surface area contributed by atoms with E-state index in [1.807, 2.05) is 0 Å². The van der Waals surface area contributed by atoms with E-state index in [1.165, 1.54) is 27.4 Å². The molecule has 0 atom stereocenters. The molecule has 0 N–H and O–H groups in total. The molecule has 3 aromatic carbocycles. The van der Waals surface area contributed by atoms with Crippen LogP contribution in [0.3, 0.4) is 0 Å². The predicted octanol–water partition coefficient (Wildman–Crippen LogP) is 6.10. The lowest BCUT2D eigenvalue weighted by molar-refractivity contribution is -0.676. The highest BCUT2D eigenvalue weighted by Crippen LogP contribution is 2.34. The maximum atomic E-state index is 2.35. The molecular formula is C28H32N2P+. The van der Waals surface area contributed by atoms with E-state index < -0.39 is 7.92 Å². The molecule has 0 unspecified atom stereocenters. The van der Waals surface area contributed by atoms with Gasteiger partial charge < -0.3 is 0 Å². The Balaban J connectivity index is 1.72. The van der Waals surface area contributed by atoms with Crippen LogP contribution in [0.25, 0.3) is 5.69 Å². The molecule has 0 aliphatic carbocycles. The molecule has 2 nitrogen and oxygen atoms in total. The number of hydrogen-bond donors (Lipinski definition) is 0. The lowest BCUT2D eigenvalue weighted by Gasteiger charge is -2.17. The molecule has 3 heteroatoms. The summed E-state index contributed by atoms with van der Waals surface area (Å²) in [5.74, 6) is 0.964. The summed E-state index contributed by atoms with van der Waals surface area (Å²) < 4.78 is 4.68. The number of para-hydroxylation sites is 1. The molecule has 31 heavy (non-hydrogen) atoms. The number of benzene rings is 3. The predicted molar refractivity (Wildman–Crippen MR) is 133 cm³/mol. The van der Waals surface area contributed by atoms with Crippen LogP contribution in [0.1, 0.15) is 50.7 Å². The largest absolute Gasteiger partial charge is 0.249 e. The van der Waals surface area contributed by atoms with Crippen molar-refractivity contribution >= 4 is 18.5 Å². The molecule has 158 valence electrons. The van der Waals surface area contributed by atoms with E-state index in [4.69, 9.17) is 0 Å². The maximum Gasteiger partial charge on any atom is 0.249 e. The summed E-state index contributed by atoms with van der Waals surface area (Å²) >= 11 is 0. The molecule has 1 aromatic heterocycles. The lowest BCUT2D eigenvalue weighted by Crippen LogP contribution is -2.34. The van der Waals surface area contributed by atoms with E-state index >= 15 is 0 Å². The van der Waals surface area contributed by atoms with Gasteiger partial charge in [-0.15, -0.1) is 0 Å². The van der Waals surface area contributed by atoms with Crippen LogP contribution >= 0.6 is 7.92 Å². The molecule has 0 saturated heterocycles. The molecule has 1 heterocycles. The Morgan fingerprint density at radius 3 is 1.71 bits per heavy atom. The normalized spacial score (nSPS) is 11.6. The molecular weight excluding hydrogens is 395 g/mol. The minimum atomic E-state index is -0.473. The molecule has 0 fully saturated rings. The molecule has 0 aliphatic rings. The van der Waals surface area contributed by atoms with E-state index in [2.05, 4.69) is 134 Å². The molecule has 0 saturated carbocycles. The molecule has 0 radical (unpaired) electrons. The van der Waals surface area contributed by atoms with Crippen LogP contribution in [0.2, 0.25) is 0 Å². The first-order valence-corrected chi connectivity index (χ1v) is 12.6. The Hall–Kier alpha value is -2.70. The first kappa shape index (κ1) is 21.5. The molecule has 0 spiro atoms. The fourth-order valence-corrected chi connectivity index (χ4v) is 6.29. The topological polar surface area (TPSA) is 8.81 Å². The van der Waals surface area contributed by atoms with Crippen molar-refractivity contribution in [1.82, 2.24) is 4.57 Å². The highest BCUT2D eigenvalue weighted by molar-refractivity contribution is 7.71. The summed E-state index contributed by atoms with van der Waals surface area (Å²) in [4.78, 5) is 0. The third-order valence-corrected chi connectivity index (χ3v) is 8.18. The van der Waals surface area contributed by atoms with Crippen molar-refractivity contribution in [1.29, 1.82) is 0 Å². The van der Waals surface area contributed by atoms with E-state index in [0.29, 0.717) is 11.8 Å². The summed E-state index contributed by atoms with van der Waals surface area (Å²) in [5.41, 5.74) is 4.15. The Morgan fingerprint density at radius 1 is 0.710 bits per heavy atom. The van der Waals surface area contributed by atoms with Gasteiger partial charge in [0.2, 0.25) is 6.33 Å². The van der Waals surface area contributed by atoms with E-state index in [9.17, 15) is 0 Å². The second-order valence-corrected chi connectivity index (χ2v) is 10.8. The lowest BCUT2D eigenvalue weighted by atomic mass is 9.92. The number of rotatable bonds is 7. The van der Waals surface area contributed by atoms with Gasteiger partial charge in [-0.05, 0) is 30.4 Å². The highest BCUT2D eigenvalue weighted by atomic mass is 31.1. The minimum absolute atomic E-state index is 0.473. The number of hydrogen-bond acceptors (Lipinski definition) is 0. The van der Waals surface area contributed by atoms with Crippen molar-refractivity contribution in [2.75, 3.05) is 0 Å². The van der Waals surface area contributed by atoms with Gasteiger partial charge in [-0.3, -0.25) is 0 Å². The first-order valence-electron chi connectivity index (χ1n) is 11.1. The van der Waals surface area contributed by atoms with Crippen molar-refractivity contribution in [3.63, 3.8) is 0 Å². The maximum absolute atomic E-state index is 2.35. The standard InChI is InChI=1S/C28H32N2P/c1-22(2)26-16-11-17-27(23(3)4)28(26)30-19-18-29(20-30)21-31(24-12-7-5-8-13-24)25-14-9-6-10-15-25/h5-20,22-23H,21H2,1-4H3/q+1. The molecule has 4 rings (SSSR count). The van der Waals surface area contributed by atoms with Crippen molar-refractivity contribution in [2.24, 2.45) is 0 Å². The monoisotopic (exact) mass is 427 g/mol. The van der Waals surface area contributed by atoms with E-state index in [-0.39, 0.29) is 0 Å². The van der Waals surface area contributed by atoms with Crippen molar-refractivity contribution in [3.05, 3.63) is 109 Å². The molecule has 4 aromatic rings. The van der Waals surface area contributed by atoms with Crippen molar-refractivity contribution in [3.8, 4) is 5.69 Å². The van der Waals surface area contributed by atoms with Gasteiger partial charge >= 0.3 is 0 Å². The van der Waals surface area contributed by atoms with E-state index in [0.717, 1.165) is 6.29 Å². The summed E-state index contributed by atoms with van der Waals surface area (Å²) in [6, 6.07) is 28.6. The first-order chi connectivity index (χ1) is 15.0. The summed E-state index contributed by atoms with van der Waals surface area (Å²) in [6.45, 7) is 9.13. The Kier molecular flexibility index (Phi) is 6.68. The third kappa shape index (κ3) is 4.81. The fraction of sp³-hybridized carbons (Fsp3) is 0.250. The van der Waals surface area contributed by atoms with E-state index in [1.54, 1.807) is 0 Å². The van der Waals surface area contributed by atoms with Crippen molar-refractivity contribution in [2.45, 2.75) is 45.8 Å². The molecule has 0 aliphatic heterocycles. The highest BCUT2D eigenvalue weighted by Gasteiger charge is 2.22. The quantitative estimate of drug-likeness (QED) is 0.249. The number of aromatic nitrogens is 2. The average Bonchev–Trinajstić information content (AvgIpc) is 3.26. The van der Waals surface area contributed by atoms with Crippen LogP contribution in [-0.4, -0.2) is 4.57 Å². The zero-order chi connectivity index (χ0) is 21.8. The van der Waals surface area contributed by atoms with Gasteiger partial charge in [-0.2, -0.15) is 0 Å². The van der Waals surface area contributed by atoms with Crippen LogP contribution in [0.4, 0.5) is 0 Å². The van der Waals surface area contributed by atoms with Gasteiger partial charge in [0.1, 0.15) is 24.4 Å². The second-order valence-electron chi connectivity index (χ2n) is 8.67. The summed E-state index contributed by atoms with van der Waals surface area (Å²) in [5, 5.41) is 2.82. The summed E-state index contributed by atoms with van der Waals surface area (Å²) in [7, 11) is -0.473. The van der Waals surface area contributed by atoms with Gasteiger partial charge in [-0.25, -0.2) is 9.13 Å².